The van der Waals surface area contributed by atoms with E-state index in [1.165, 1.54) is 6.42 Å². The number of nitrogens with one attached hydrogen (secondary N) is 1. The first kappa shape index (κ1) is 16.2. The third-order valence-electron chi connectivity index (χ3n) is 4.08. The van der Waals surface area contributed by atoms with Crippen molar-refractivity contribution in [3.63, 3.8) is 0 Å². The van der Waals surface area contributed by atoms with Crippen molar-refractivity contribution in [1.29, 1.82) is 0 Å². The van der Waals surface area contributed by atoms with E-state index in [9.17, 15) is 4.79 Å². The van der Waals surface area contributed by atoms with Crippen molar-refractivity contribution in [3.8, 4) is 0 Å². The molecule has 1 heterocycles. The average molecular weight is 271 g/mol. The molecule has 2 atom stereocenters. The lowest BCUT2D eigenvalue weighted by Gasteiger charge is -2.37. The fourth-order valence-electron chi connectivity index (χ4n) is 2.44. The molecule has 0 aromatic carbocycles. The van der Waals surface area contributed by atoms with Crippen LogP contribution in [0, 0.1) is 5.92 Å². The van der Waals surface area contributed by atoms with E-state index in [1.807, 2.05) is 11.9 Å². The van der Waals surface area contributed by atoms with Gasteiger partial charge in [0.05, 0.1) is 6.61 Å². The van der Waals surface area contributed by atoms with Crippen molar-refractivity contribution in [2.24, 2.45) is 5.92 Å². The van der Waals surface area contributed by atoms with Gasteiger partial charge in [0, 0.05) is 39.3 Å². The number of methoxy groups -OCH3 is 1. The summed E-state index contributed by atoms with van der Waals surface area (Å²) >= 11 is 0. The van der Waals surface area contributed by atoms with Crippen LogP contribution in [-0.2, 0) is 4.74 Å². The predicted molar refractivity (Wildman–Crippen MR) is 77.3 cm³/mol. The fourth-order valence-corrected chi connectivity index (χ4v) is 2.44. The molecule has 1 N–H and O–H groups in total. The number of amides is 2. The Hall–Kier alpha value is -0.810. The number of piperidine rings is 1. The molecule has 0 aromatic rings. The van der Waals surface area contributed by atoms with E-state index in [1.54, 1.807) is 7.11 Å². The molecule has 5 heteroatoms. The zero-order valence-corrected chi connectivity index (χ0v) is 12.8. The standard InChI is InChI=1S/C14H29N3O2/c1-12-6-5-8-17(13(12)2)14(18)15-7-9-16(3)10-11-19-4/h12-13H,5-11H2,1-4H3,(H,15,18)/t12-,13+/m0/s1. The summed E-state index contributed by atoms with van der Waals surface area (Å²) in [6.45, 7) is 8.42. The minimum absolute atomic E-state index is 0.0826. The van der Waals surface area contributed by atoms with Gasteiger partial charge in [-0.15, -0.1) is 0 Å². The smallest absolute Gasteiger partial charge is 0.317 e. The van der Waals surface area contributed by atoms with E-state index in [0.29, 0.717) is 18.5 Å². The van der Waals surface area contributed by atoms with Crippen LogP contribution in [0.1, 0.15) is 26.7 Å². The quantitative estimate of drug-likeness (QED) is 0.794. The number of rotatable bonds is 6. The second-order valence-corrected chi connectivity index (χ2v) is 5.58. The van der Waals surface area contributed by atoms with Gasteiger partial charge in [0.2, 0.25) is 0 Å². The van der Waals surface area contributed by atoms with Gasteiger partial charge in [0.1, 0.15) is 0 Å². The maximum Gasteiger partial charge on any atom is 0.317 e. The first-order valence-electron chi connectivity index (χ1n) is 7.28. The number of ether oxygens (including phenoxy) is 1. The first-order chi connectivity index (χ1) is 9.06. The summed E-state index contributed by atoms with van der Waals surface area (Å²) in [5, 5.41) is 3.02. The monoisotopic (exact) mass is 271 g/mol. The molecule has 0 aromatic heterocycles. The van der Waals surface area contributed by atoms with Crippen LogP contribution in [0.3, 0.4) is 0 Å². The topological polar surface area (TPSA) is 44.8 Å². The Morgan fingerprint density at radius 3 is 2.84 bits per heavy atom. The summed E-state index contributed by atoms with van der Waals surface area (Å²) in [6, 6.07) is 0.430. The summed E-state index contributed by atoms with van der Waals surface area (Å²) in [5.74, 6) is 0.601. The van der Waals surface area contributed by atoms with E-state index < -0.39 is 0 Å². The Morgan fingerprint density at radius 1 is 1.42 bits per heavy atom. The largest absolute Gasteiger partial charge is 0.383 e. The van der Waals surface area contributed by atoms with Crippen molar-refractivity contribution < 1.29 is 9.53 Å². The van der Waals surface area contributed by atoms with Crippen LogP contribution in [-0.4, -0.2) is 68.8 Å². The zero-order chi connectivity index (χ0) is 14.3. The van der Waals surface area contributed by atoms with Crippen molar-refractivity contribution >= 4 is 6.03 Å². The highest BCUT2D eigenvalue weighted by Gasteiger charge is 2.27. The molecule has 1 saturated heterocycles. The van der Waals surface area contributed by atoms with Gasteiger partial charge >= 0.3 is 6.03 Å². The molecule has 2 amide bonds. The Labute approximate surface area is 117 Å². The second kappa shape index (κ2) is 8.38. The lowest BCUT2D eigenvalue weighted by molar-refractivity contribution is 0.127. The molecule has 112 valence electrons. The predicted octanol–water partition coefficient (Wildman–Crippen LogP) is 1.39. The van der Waals surface area contributed by atoms with Gasteiger partial charge in [-0.2, -0.15) is 0 Å². The Morgan fingerprint density at radius 2 is 2.16 bits per heavy atom. The highest BCUT2D eigenvalue weighted by atomic mass is 16.5. The number of urea groups is 1. The van der Waals surface area contributed by atoms with E-state index in [2.05, 4.69) is 24.1 Å². The average Bonchev–Trinajstić information content (AvgIpc) is 2.39. The Bertz CT molecular complexity index is 273. The van der Waals surface area contributed by atoms with Gasteiger partial charge < -0.3 is 19.9 Å². The van der Waals surface area contributed by atoms with E-state index in [4.69, 9.17) is 4.74 Å². The molecule has 1 rings (SSSR count). The van der Waals surface area contributed by atoms with Crippen molar-refractivity contribution in [2.45, 2.75) is 32.7 Å². The molecule has 0 spiro atoms. The lowest BCUT2D eigenvalue weighted by Crippen LogP contribution is -2.51. The number of likely N-dealkylation sites (N-methyl/N-ethyl adjacent to an activating group) is 1. The van der Waals surface area contributed by atoms with Gasteiger partial charge in [-0.3, -0.25) is 0 Å². The number of carbonyl (C=O) groups excluding carboxylic acids is 1. The van der Waals surface area contributed by atoms with Crippen LogP contribution in [0.5, 0.6) is 0 Å². The van der Waals surface area contributed by atoms with Crippen LogP contribution in [0.15, 0.2) is 0 Å². The van der Waals surface area contributed by atoms with Gasteiger partial charge in [0.15, 0.2) is 0 Å². The molecule has 0 radical (unpaired) electrons. The van der Waals surface area contributed by atoms with Crippen LogP contribution in [0.4, 0.5) is 4.79 Å². The van der Waals surface area contributed by atoms with E-state index in [-0.39, 0.29) is 6.03 Å². The van der Waals surface area contributed by atoms with Gasteiger partial charge in [-0.05, 0) is 32.7 Å². The number of hydrogen-bond acceptors (Lipinski definition) is 3. The van der Waals surface area contributed by atoms with Crippen molar-refractivity contribution in [3.05, 3.63) is 0 Å². The SMILES string of the molecule is COCCN(C)CCNC(=O)N1CCC[C@H](C)[C@H]1C. The molecule has 1 aliphatic rings. The van der Waals surface area contributed by atoms with E-state index in [0.717, 1.165) is 32.7 Å². The maximum atomic E-state index is 12.1. The molecule has 1 aliphatic heterocycles. The molecule has 1 fully saturated rings. The van der Waals surface area contributed by atoms with Crippen LogP contribution in [0.25, 0.3) is 0 Å². The third kappa shape index (κ3) is 5.37. The molecule has 0 saturated carbocycles. The number of carbonyl (C=O) groups is 1. The van der Waals surface area contributed by atoms with Crippen molar-refractivity contribution in [2.75, 3.05) is 46.9 Å². The number of likely N-dealkylation sites (tertiary alicyclic amines) is 1. The number of nitrogens with zero attached hydrogens (tertiary/aromatic N) is 2. The molecule has 0 aliphatic carbocycles. The van der Waals surface area contributed by atoms with E-state index >= 15 is 0 Å². The minimum atomic E-state index is 0.0826. The molecular weight excluding hydrogens is 242 g/mol. The molecule has 0 unspecified atom stereocenters. The highest BCUT2D eigenvalue weighted by molar-refractivity contribution is 5.74. The van der Waals surface area contributed by atoms with Gasteiger partial charge in [-0.25, -0.2) is 4.79 Å². The minimum Gasteiger partial charge on any atom is -0.383 e. The summed E-state index contributed by atoms with van der Waals surface area (Å²) in [5.41, 5.74) is 0. The summed E-state index contributed by atoms with van der Waals surface area (Å²) in [6.07, 6.45) is 2.34. The molecule has 19 heavy (non-hydrogen) atoms. The van der Waals surface area contributed by atoms with Crippen molar-refractivity contribution in [1.82, 2.24) is 15.1 Å². The van der Waals surface area contributed by atoms with Crippen LogP contribution < -0.4 is 5.32 Å². The van der Waals surface area contributed by atoms with Gasteiger partial charge in [0.25, 0.3) is 0 Å². The Kier molecular flexibility index (Phi) is 7.16. The maximum absolute atomic E-state index is 12.1. The first-order valence-corrected chi connectivity index (χ1v) is 7.28. The van der Waals surface area contributed by atoms with Crippen LogP contribution >= 0.6 is 0 Å². The molecule has 0 bridgehead atoms. The summed E-state index contributed by atoms with van der Waals surface area (Å²) < 4.78 is 5.02. The third-order valence-corrected chi connectivity index (χ3v) is 4.08. The van der Waals surface area contributed by atoms with Gasteiger partial charge in [-0.1, -0.05) is 6.92 Å². The summed E-state index contributed by atoms with van der Waals surface area (Å²) in [4.78, 5) is 16.3. The molecule has 5 nitrogen and oxygen atoms in total. The lowest BCUT2D eigenvalue weighted by atomic mass is 9.92. The highest BCUT2D eigenvalue weighted by Crippen LogP contribution is 2.22. The second-order valence-electron chi connectivity index (χ2n) is 5.58. The van der Waals surface area contributed by atoms with Crippen LogP contribution in [0.2, 0.25) is 0 Å². The molecular formula is C14H29N3O2. The Balaban J connectivity index is 2.23. The zero-order valence-electron chi connectivity index (χ0n) is 12.8. The summed E-state index contributed by atoms with van der Waals surface area (Å²) in [7, 11) is 3.74. The normalized spacial score (nSPS) is 23.7. The fraction of sp³-hybridized carbons (Fsp3) is 0.929. The number of hydrogen-bond donors (Lipinski definition) is 1.